The van der Waals surface area contributed by atoms with Crippen LogP contribution in [0.5, 0.6) is 0 Å². The van der Waals surface area contributed by atoms with Gasteiger partial charge in [-0.15, -0.1) is 0 Å². The molecule has 4 atom stereocenters. The molecule has 2 aliphatic carbocycles. The van der Waals surface area contributed by atoms with Crippen LogP contribution in [-0.4, -0.2) is 43.4 Å². The molecule has 1 aliphatic heterocycles. The first-order valence-electron chi connectivity index (χ1n) is 10.2. The fourth-order valence-electron chi connectivity index (χ4n) is 5.67. The number of likely N-dealkylation sites (tertiary alicyclic amines) is 1. The molecular formula is C22H20BrN5O2. The number of halogens is 1. The van der Waals surface area contributed by atoms with Gasteiger partial charge in [-0.3, -0.25) is 4.79 Å². The van der Waals surface area contributed by atoms with E-state index >= 15 is 0 Å². The van der Waals surface area contributed by atoms with Crippen molar-refractivity contribution >= 4 is 27.7 Å². The van der Waals surface area contributed by atoms with Gasteiger partial charge >= 0.3 is 0 Å². The lowest BCUT2D eigenvalue weighted by atomic mass is 9.72. The van der Waals surface area contributed by atoms with E-state index in [1.165, 1.54) is 0 Å². The summed E-state index contributed by atoms with van der Waals surface area (Å²) >= 11 is 3.32. The normalized spacial score (nSPS) is 28.5. The summed E-state index contributed by atoms with van der Waals surface area (Å²) in [4.78, 5) is 28.6. The van der Waals surface area contributed by atoms with Crippen LogP contribution in [0.4, 0.5) is 5.82 Å². The first-order valence-corrected chi connectivity index (χ1v) is 11.0. The van der Waals surface area contributed by atoms with Crippen molar-refractivity contribution in [1.29, 1.82) is 0 Å². The molecule has 3 aromatic rings. The molecule has 3 heterocycles. The summed E-state index contributed by atoms with van der Waals surface area (Å²) in [5.41, 5.74) is 2.46. The molecule has 7 nitrogen and oxygen atoms in total. The van der Waals surface area contributed by atoms with Gasteiger partial charge in [0.25, 0.3) is 5.91 Å². The predicted octanol–water partition coefficient (Wildman–Crippen LogP) is 4.06. The lowest BCUT2D eigenvalue weighted by molar-refractivity contribution is 0.0726. The van der Waals surface area contributed by atoms with E-state index in [-0.39, 0.29) is 17.5 Å². The molecule has 152 valence electrons. The number of nitrogens with zero attached hydrogens (tertiary/aromatic N) is 4. The predicted molar refractivity (Wildman–Crippen MR) is 114 cm³/mol. The Labute approximate surface area is 182 Å². The molecule has 3 fully saturated rings. The molecule has 30 heavy (non-hydrogen) atoms. The van der Waals surface area contributed by atoms with Crippen LogP contribution in [0.3, 0.4) is 0 Å². The minimum atomic E-state index is -0.00481. The highest BCUT2D eigenvalue weighted by Crippen LogP contribution is 2.67. The van der Waals surface area contributed by atoms with Crippen LogP contribution in [0.15, 0.2) is 52.1 Å². The smallest absolute Gasteiger partial charge is 0.255 e. The molecule has 2 aromatic heterocycles. The average molecular weight is 466 g/mol. The summed E-state index contributed by atoms with van der Waals surface area (Å²) in [7, 11) is 0. The fraction of sp³-hybridized carbons (Fsp3) is 0.364. The van der Waals surface area contributed by atoms with E-state index in [1.807, 2.05) is 25.1 Å². The van der Waals surface area contributed by atoms with E-state index < -0.39 is 0 Å². The van der Waals surface area contributed by atoms with Gasteiger partial charge in [0.05, 0.1) is 41.3 Å². The molecule has 1 aromatic carbocycles. The van der Waals surface area contributed by atoms with Crippen LogP contribution in [0.1, 0.15) is 35.2 Å². The first kappa shape index (κ1) is 18.1. The number of nitrogens with one attached hydrogen (secondary N) is 1. The second-order valence-electron chi connectivity index (χ2n) is 8.37. The van der Waals surface area contributed by atoms with Gasteiger partial charge in [0, 0.05) is 12.0 Å². The van der Waals surface area contributed by atoms with Gasteiger partial charge in [-0.2, -0.15) is 0 Å². The summed E-state index contributed by atoms with van der Waals surface area (Å²) in [6.45, 7) is 1.99. The highest BCUT2D eigenvalue weighted by atomic mass is 79.9. The van der Waals surface area contributed by atoms with E-state index in [1.54, 1.807) is 24.9 Å². The number of piperidine rings is 1. The van der Waals surface area contributed by atoms with Gasteiger partial charge in [-0.05, 0) is 53.7 Å². The number of rotatable bonds is 4. The van der Waals surface area contributed by atoms with Gasteiger partial charge in [0.2, 0.25) is 5.89 Å². The summed E-state index contributed by atoms with van der Waals surface area (Å²) in [5, 5.41) is 3.54. The van der Waals surface area contributed by atoms with Crippen molar-refractivity contribution < 1.29 is 9.21 Å². The Morgan fingerprint density at radius 2 is 2.20 bits per heavy atom. The Bertz CT molecular complexity index is 1130. The maximum absolute atomic E-state index is 13.6. The number of carbonyl (C=O) groups excluding carboxylic acids is 1. The number of benzene rings is 1. The zero-order chi connectivity index (χ0) is 20.5. The van der Waals surface area contributed by atoms with Crippen LogP contribution in [0.2, 0.25) is 0 Å². The van der Waals surface area contributed by atoms with Crippen LogP contribution in [0, 0.1) is 12.8 Å². The van der Waals surface area contributed by atoms with Crippen LogP contribution in [-0.2, 0) is 0 Å². The largest absolute Gasteiger partial charge is 0.444 e. The van der Waals surface area contributed by atoms with Crippen molar-refractivity contribution in [3.05, 3.63) is 58.8 Å². The lowest BCUT2D eigenvalue weighted by Crippen LogP contribution is -2.47. The van der Waals surface area contributed by atoms with E-state index in [4.69, 9.17) is 4.42 Å². The van der Waals surface area contributed by atoms with Gasteiger partial charge in [-0.1, -0.05) is 12.1 Å². The highest BCUT2D eigenvalue weighted by Gasteiger charge is 2.78. The number of carbonyl (C=O) groups is 1. The molecule has 1 N–H and O–H groups in total. The van der Waals surface area contributed by atoms with E-state index in [0.29, 0.717) is 23.4 Å². The monoisotopic (exact) mass is 465 g/mol. The first-order chi connectivity index (χ1) is 14.6. The molecule has 3 aliphatic rings. The molecule has 2 saturated carbocycles. The number of oxazole rings is 1. The standard InChI is InChI=1S/C22H20BrN5O2/c1-12-3-2-4-13(19(12)20-24-7-8-30-20)21(29)28-16-9-15(14-5-6-22(14,16)28)27-18-11-25-17(23)10-26-18/h2-4,7-8,10-11,14-16H,5-6,9H2,1H3,(H,26,27). The second kappa shape index (κ2) is 6.38. The Kier molecular flexibility index (Phi) is 3.84. The van der Waals surface area contributed by atoms with Gasteiger partial charge in [0.15, 0.2) is 0 Å². The Balaban J connectivity index is 1.25. The Hall–Kier alpha value is -2.74. The number of aryl methyl sites for hydroxylation is 1. The third-order valence-corrected chi connectivity index (χ3v) is 7.46. The summed E-state index contributed by atoms with van der Waals surface area (Å²) in [6.07, 6.45) is 9.74. The number of anilines is 1. The number of hydrogen-bond donors (Lipinski definition) is 1. The Morgan fingerprint density at radius 1 is 1.30 bits per heavy atom. The fourth-order valence-corrected chi connectivity index (χ4v) is 5.87. The minimum Gasteiger partial charge on any atom is -0.444 e. The van der Waals surface area contributed by atoms with Crippen molar-refractivity contribution in [1.82, 2.24) is 19.9 Å². The third-order valence-electron chi connectivity index (χ3n) is 7.05. The van der Waals surface area contributed by atoms with Gasteiger partial charge in [0.1, 0.15) is 16.7 Å². The molecular weight excluding hydrogens is 446 g/mol. The van der Waals surface area contributed by atoms with Crippen molar-refractivity contribution in [3.63, 3.8) is 0 Å². The van der Waals surface area contributed by atoms with E-state index in [0.717, 1.165) is 40.8 Å². The zero-order valence-corrected chi connectivity index (χ0v) is 18.0. The number of aromatic nitrogens is 3. The molecule has 4 unspecified atom stereocenters. The van der Waals surface area contributed by atoms with Crippen molar-refractivity contribution in [2.24, 2.45) is 5.92 Å². The van der Waals surface area contributed by atoms with Gasteiger partial charge in [-0.25, -0.2) is 15.0 Å². The molecule has 1 saturated heterocycles. The summed E-state index contributed by atoms with van der Waals surface area (Å²) in [5.74, 6) is 1.82. The van der Waals surface area contributed by atoms with E-state index in [9.17, 15) is 4.79 Å². The second-order valence-corrected chi connectivity index (χ2v) is 9.19. The van der Waals surface area contributed by atoms with Gasteiger partial charge < -0.3 is 14.6 Å². The zero-order valence-electron chi connectivity index (χ0n) is 16.4. The number of amides is 1. The van der Waals surface area contributed by atoms with Crippen molar-refractivity contribution in [2.45, 2.75) is 43.8 Å². The molecule has 0 bridgehead atoms. The average Bonchev–Trinajstić information content (AvgIpc) is 3.01. The molecule has 1 amide bonds. The SMILES string of the molecule is Cc1cccc(C(=O)N2C3CC(Nc4cnc(Br)cn4)C4CCC432)c1-c1ncco1. The molecule has 8 heteroatoms. The van der Waals surface area contributed by atoms with Crippen molar-refractivity contribution in [3.8, 4) is 11.5 Å². The lowest BCUT2D eigenvalue weighted by Gasteiger charge is -2.40. The quantitative estimate of drug-likeness (QED) is 0.584. The maximum atomic E-state index is 13.6. The summed E-state index contributed by atoms with van der Waals surface area (Å²) in [6, 6.07) is 6.42. The highest BCUT2D eigenvalue weighted by molar-refractivity contribution is 9.10. The maximum Gasteiger partial charge on any atom is 0.255 e. The molecule has 1 spiro atoms. The molecule has 6 rings (SSSR count). The Morgan fingerprint density at radius 3 is 2.87 bits per heavy atom. The third kappa shape index (κ3) is 2.43. The van der Waals surface area contributed by atoms with Crippen LogP contribution in [0.25, 0.3) is 11.5 Å². The van der Waals surface area contributed by atoms with Crippen LogP contribution >= 0.6 is 15.9 Å². The topological polar surface area (TPSA) is 83.9 Å². The minimum absolute atomic E-state index is 0.00481. The van der Waals surface area contributed by atoms with Crippen LogP contribution < -0.4 is 5.32 Å². The van der Waals surface area contributed by atoms with Crippen molar-refractivity contribution in [2.75, 3.05) is 5.32 Å². The summed E-state index contributed by atoms with van der Waals surface area (Å²) < 4.78 is 6.25. The van der Waals surface area contributed by atoms with E-state index in [2.05, 4.69) is 41.1 Å². The number of hydrogen-bond acceptors (Lipinski definition) is 6. The molecule has 0 radical (unpaired) electrons.